The second kappa shape index (κ2) is 11.6. The molecule has 1 heterocycles. The fourth-order valence-corrected chi connectivity index (χ4v) is 3.61. The Labute approximate surface area is 188 Å². The Hall–Kier alpha value is -1.99. The molecular weight excluding hydrogens is 419 g/mol. The van der Waals surface area contributed by atoms with Crippen LogP contribution in [0.4, 0.5) is 4.39 Å². The SMILES string of the molecule is CC(C)COC[C@@H](O)CN(Cc1ccccc1F)C[C@H]1CC(c2ccc(Cl)cc2)=NO1. The Morgan fingerprint density at radius 2 is 1.94 bits per heavy atom. The van der Waals surface area contributed by atoms with Crippen LogP contribution in [0, 0.1) is 11.7 Å². The number of oxime groups is 1. The molecule has 3 rings (SSSR count). The van der Waals surface area contributed by atoms with Crippen molar-refractivity contribution < 1.29 is 19.1 Å². The predicted octanol–water partition coefficient (Wildman–Crippen LogP) is 4.51. The maximum atomic E-state index is 14.2. The van der Waals surface area contributed by atoms with Crippen molar-refractivity contribution in [2.75, 3.05) is 26.3 Å². The van der Waals surface area contributed by atoms with Gasteiger partial charge in [-0.1, -0.05) is 60.9 Å². The average Bonchev–Trinajstić information content (AvgIpc) is 3.18. The van der Waals surface area contributed by atoms with Crippen LogP contribution >= 0.6 is 11.6 Å². The van der Waals surface area contributed by atoms with Gasteiger partial charge in [-0.25, -0.2) is 4.39 Å². The van der Waals surface area contributed by atoms with Crippen molar-refractivity contribution in [3.8, 4) is 0 Å². The Bertz CT molecular complexity index is 860. The van der Waals surface area contributed by atoms with Gasteiger partial charge in [0.1, 0.15) is 11.9 Å². The normalized spacial score (nSPS) is 17.1. The monoisotopic (exact) mass is 448 g/mol. The van der Waals surface area contributed by atoms with E-state index < -0.39 is 6.10 Å². The van der Waals surface area contributed by atoms with Gasteiger partial charge in [0.2, 0.25) is 0 Å². The van der Waals surface area contributed by atoms with Gasteiger partial charge >= 0.3 is 0 Å². The van der Waals surface area contributed by atoms with Crippen LogP contribution in [0.2, 0.25) is 5.02 Å². The third-order valence-corrected chi connectivity index (χ3v) is 5.21. The molecule has 0 spiro atoms. The molecule has 1 N–H and O–H groups in total. The lowest BCUT2D eigenvalue weighted by Crippen LogP contribution is -2.39. The zero-order chi connectivity index (χ0) is 22.2. The van der Waals surface area contributed by atoms with E-state index in [0.29, 0.717) is 49.2 Å². The molecule has 2 atom stereocenters. The highest BCUT2D eigenvalue weighted by Crippen LogP contribution is 2.20. The molecule has 1 aliphatic rings. The Morgan fingerprint density at radius 1 is 1.19 bits per heavy atom. The molecule has 2 aromatic rings. The van der Waals surface area contributed by atoms with E-state index >= 15 is 0 Å². The van der Waals surface area contributed by atoms with Gasteiger partial charge in [0.15, 0.2) is 0 Å². The highest BCUT2D eigenvalue weighted by molar-refractivity contribution is 6.30. The summed E-state index contributed by atoms with van der Waals surface area (Å²) in [6.07, 6.45) is -0.222. The molecule has 1 aliphatic heterocycles. The minimum Gasteiger partial charge on any atom is -0.390 e. The van der Waals surface area contributed by atoms with Crippen molar-refractivity contribution >= 4 is 17.3 Å². The van der Waals surface area contributed by atoms with Gasteiger partial charge in [-0.05, 0) is 29.7 Å². The molecule has 7 heteroatoms. The molecule has 0 amide bonds. The van der Waals surface area contributed by atoms with Crippen LogP contribution in [0.5, 0.6) is 0 Å². The van der Waals surface area contributed by atoms with Gasteiger partial charge in [-0.3, -0.25) is 4.90 Å². The van der Waals surface area contributed by atoms with Crippen LogP contribution in [0.25, 0.3) is 0 Å². The van der Waals surface area contributed by atoms with Gasteiger partial charge in [0.05, 0.1) is 18.4 Å². The fraction of sp³-hybridized carbons (Fsp3) is 0.458. The van der Waals surface area contributed by atoms with Crippen LogP contribution < -0.4 is 0 Å². The highest BCUT2D eigenvalue weighted by atomic mass is 35.5. The van der Waals surface area contributed by atoms with Crippen LogP contribution in [-0.2, 0) is 16.1 Å². The lowest BCUT2D eigenvalue weighted by atomic mass is 10.0. The number of hydrogen-bond donors (Lipinski definition) is 1. The van der Waals surface area contributed by atoms with Gasteiger partial charge in [0.25, 0.3) is 0 Å². The fourth-order valence-electron chi connectivity index (χ4n) is 3.49. The van der Waals surface area contributed by atoms with Gasteiger partial charge < -0.3 is 14.7 Å². The minimum absolute atomic E-state index is 0.179. The van der Waals surface area contributed by atoms with E-state index in [1.807, 2.05) is 35.2 Å². The van der Waals surface area contributed by atoms with E-state index in [1.165, 1.54) is 6.07 Å². The Balaban J connectivity index is 1.61. The second-order valence-electron chi connectivity index (χ2n) is 8.35. The zero-order valence-corrected chi connectivity index (χ0v) is 18.8. The van der Waals surface area contributed by atoms with Crippen LogP contribution in [0.3, 0.4) is 0 Å². The van der Waals surface area contributed by atoms with Crippen molar-refractivity contribution in [3.05, 3.63) is 70.5 Å². The van der Waals surface area contributed by atoms with Crippen LogP contribution in [0.1, 0.15) is 31.4 Å². The average molecular weight is 449 g/mol. The smallest absolute Gasteiger partial charge is 0.145 e. The van der Waals surface area contributed by atoms with E-state index in [1.54, 1.807) is 12.1 Å². The molecule has 0 bridgehead atoms. The third-order valence-electron chi connectivity index (χ3n) is 4.95. The molecular formula is C24H30ClFN2O3. The number of hydrogen-bond acceptors (Lipinski definition) is 5. The number of nitrogens with zero attached hydrogens (tertiary/aromatic N) is 2. The molecule has 0 aromatic heterocycles. The van der Waals surface area contributed by atoms with Gasteiger partial charge in [-0.2, -0.15) is 0 Å². The molecule has 5 nitrogen and oxygen atoms in total. The van der Waals surface area contributed by atoms with Crippen molar-refractivity contribution in [2.24, 2.45) is 11.1 Å². The maximum Gasteiger partial charge on any atom is 0.145 e. The molecule has 31 heavy (non-hydrogen) atoms. The maximum absolute atomic E-state index is 14.2. The first-order valence-corrected chi connectivity index (χ1v) is 11.0. The summed E-state index contributed by atoms with van der Waals surface area (Å²) < 4.78 is 19.8. The first-order chi connectivity index (χ1) is 14.9. The molecule has 0 saturated heterocycles. The molecule has 0 unspecified atom stereocenters. The van der Waals surface area contributed by atoms with E-state index in [2.05, 4.69) is 19.0 Å². The number of halogens is 2. The van der Waals surface area contributed by atoms with Crippen molar-refractivity contribution in [1.82, 2.24) is 4.90 Å². The Kier molecular flexibility index (Phi) is 8.84. The van der Waals surface area contributed by atoms with Gasteiger partial charge in [0, 0.05) is 43.2 Å². The third kappa shape index (κ3) is 7.58. The first-order valence-electron chi connectivity index (χ1n) is 10.6. The Morgan fingerprint density at radius 3 is 2.65 bits per heavy atom. The van der Waals surface area contributed by atoms with Crippen LogP contribution in [-0.4, -0.2) is 54.2 Å². The summed E-state index contributed by atoms with van der Waals surface area (Å²) in [6, 6.07) is 14.2. The van der Waals surface area contributed by atoms with Gasteiger partial charge in [-0.15, -0.1) is 0 Å². The summed E-state index contributed by atoms with van der Waals surface area (Å²) in [6.45, 7) is 6.18. The van der Waals surface area contributed by atoms with E-state index in [0.717, 1.165) is 11.3 Å². The summed E-state index contributed by atoms with van der Waals surface area (Å²) in [4.78, 5) is 7.64. The lowest BCUT2D eigenvalue weighted by Gasteiger charge is -2.27. The quantitative estimate of drug-likeness (QED) is 0.549. The number of aliphatic hydroxyl groups is 1. The summed E-state index contributed by atoms with van der Waals surface area (Å²) in [5.74, 6) is 0.139. The minimum atomic E-state index is -0.677. The topological polar surface area (TPSA) is 54.3 Å². The number of rotatable bonds is 11. The summed E-state index contributed by atoms with van der Waals surface area (Å²) in [7, 11) is 0. The van der Waals surface area contributed by atoms with E-state index in [9.17, 15) is 9.50 Å². The first kappa shape index (κ1) is 23.7. The predicted molar refractivity (Wildman–Crippen MR) is 121 cm³/mol. The van der Waals surface area contributed by atoms with Crippen molar-refractivity contribution in [2.45, 2.75) is 39.0 Å². The summed E-state index contributed by atoms with van der Waals surface area (Å²) in [5.41, 5.74) is 2.40. The molecule has 0 saturated carbocycles. The molecule has 0 aliphatic carbocycles. The molecule has 0 fully saturated rings. The highest BCUT2D eigenvalue weighted by Gasteiger charge is 2.26. The summed E-state index contributed by atoms with van der Waals surface area (Å²) >= 11 is 5.97. The molecule has 0 radical (unpaired) electrons. The molecule has 2 aromatic carbocycles. The number of ether oxygens (including phenoxy) is 1. The largest absolute Gasteiger partial charge is 0.390 e. The standard InChI is InChI=1S/C24H30ClFN2O3/c1-17(2)15-30-16-21(29)13-28(12-19-5-3-4-6-23(19)26)14-22-11-24(27-31-22)18-7-9-20(25)10-8-18/h3-10,17,21-22,29H,11-16H2,1-2H3/t21-,22+/m0/s1. The van der Waals surface area contributed by atoms with Crippen LogP contribution in [0.15, 0.2) is 53.7 Å². The molecule has 168 valence electrons. The summed E-state index contributed by atoms with van der Waals surface area (Å²) in [5, 5.41) is 15.4. The lowest BCUT2D eigenvalue weighted by molar-refractivity contribution is -0.00755. The van der Waals surface area contributed by atoms with E-state index in [4.69, 9.17) is 21.2 Å². The van der Waals surface area contributed by atoms with Crippen molar-refractivity contribution in [1.29, 1.82) is 0 Å². The van der Waals surface area contributed by atoms with E-state index in [-0.39, 0.29) is 18.5 Å². The number of aliphatic hydroxyl groups excluding tert-OH is 1. The zero-order valence-electron chi connectivity index (χ0n) is 18.0. The number of benzene rings is 2. The van der Waals surface area contributed by atoms with Crippen molar-refractivity contribution in [3.63, 3.8) is 0 Å². The second-order valence-corrected chi connectivity index (χ2v) is 8.78.